The van der Waals surface area contributed by atoms with Gasteiger partial charge in [-0.15, -0.1) is 0 Å². The van der Waals surface area contributed by atoms with E-state index in [-0.39, 0.29) is 6.04 Å². The van der Waals surface area contributed by atoms with Gasteiger partial charge in [0.25, 0.3) is 0 Å². The van der Waals surface area contributed by atoms with Gasteiger partial charge in [-0.1, -0.05) is 18.2 Å². The lowest BCUT2D eigenvalue weighted by Crippen LogP contribution is -2.23. The molecule has 1 atom stereocenters. The van der Waals surface area contributed by atoms with E-state index in [0.717, 1.165) is 13.2 Å². The van der Waals surface area contributed by atoms with Crippen LogP contribution in [0.1, 0.15) is 24.1 Å². The van der Waals surface area contributed by atoms with Gasteiger partial charge >= 0.3 is 0 Å². The molecular formula is C12H18INO. The van der Waals surface area contributed by atoms with Crippen LogP contribution in [0.25, 0.3) is 0 Å². The molecule has 1 aromatic carbocycles. The van der Waals surface area contributed by atoms with Crippen molar-refractivity contribution in [2.45, 2.75) is 19.9 Å². The quantitative estimate of drug-likeness (QED) is 0.843. The second-order valence-corrected chi connectivity index (χ2v) is 4.56. The predicted molar refractivity (Wildman–Crippen MR) is 72.2 cm³/mol. The van der Waals surface area contributed by atoms with E-state index in [1.165, 1.54) is 14.7 Å². The second-order valence-electron chi connectivity index (χ2n) is 3.48. The molecule has 0 fully saturated rings. The molecule has 0 aliphatic carbocycles. The largest absolute Gasteiger partial charge is 0.380 e. The maximum Gasteiger partial charge on any atom is 0.0661 e. The minimum absolute atomic E-state index is 0.289. The van der Waals surface area contributed by atoms with Crippen molar-refractivity contribution in [2.24, 2.45) is 0 Å². The SMILES string of the molecule is CCOCC(NC)c1cccc(C)c1I. The first-order chi connectivity index (χ1) is 7.20. The van der Waals surface area contributed by atoms with E-state index >= 15 is 0 Å². The molecule has 0 heterocycles. The summed E-state index contributed by atoms with van der Waals surface area (Å²) in [6, 6.07) is 6.69. The highest BCUT2D eigenvalue weighted by molar-refractivity contribution is 14.1. The summed E-state index contributed by atoms with van der Waals surface area (Å²) < 4.78 is 6.80. The predicted octanol–water partition coefficient (Wildman–Crippen LogP) is 2.90. The summed E-state index contributed by atoms with van der Waals surface area (Å²) in [5, 5.41) is 3.29. The normalized spacial score (nSPS) is 12.8. The number of ether oxygens (including phenoxy) is 1. The third kappa shape index (κ3) is 3.43. The first kappa shape index (κ1) is 12.9. The number of nitrogens with one attached hydrogen (secondary N) is 1. The minimum atomic E-state index is 0.289. The van der Waals surface area contributed by atoms with Crippen LogP contribution in [0.3, 0.4) is 0 Å². The van der Waals surface area contributed by atoms with Gasteiger partial charge in [0.05, 0.1) is 12.6 Å². The highest BCUT2D eigenvalue weighted by Crippen LogP contribution is 2.23. The van der Waals surface area contributed by atoms with Crippen molar-refractivity contribution in [3.63, 3.8) is 0 Å². The summed E-state index contributed by atoms with van der Waals surface area (Å²) in [4.78, 5) is 0. The summed E-state index contributed by atoms with van der Waals surface area (Å²) >= 11 is 2.40. The number of rotatable bonds is 5. The van der Waals surface area contributed by atoms with Crippen molar-refractivity contribution in [1.82, 2.24) is 5.32 Å². The maximum absolute atomic E-state index is 5.47. The van der Waals surface area contributed by atoms with Crippen LogP contribution in [-0.4, -0.2) is 20.3 Å². The van der Waals surface area contributed by atoms with Crippen LogP contribution in [0.5, 0.6) is 0 Å². The van der Waals surface area contributed by atoms with E-state index in [0.29, 0.717) is 0 Å². The Balaban J connectivity index is 2.86. The molecule has 1 unspecified atom stereocenters. The number of hydrogen-bond acceptors (Lipinski definition) is 2. The molecule has 0 amide bonds. The Bertz CT molecular complexity index is 314. The number of aryl methyl sites for hydroxylation is 1. The number of hydrogen-bond donors (Lipinski definition) is 1. The monoisotopic (exact) mass is 319 g/mol. The van der Waals surface area contributed by atoms with Gasteiger partial charge in [-0.3, -0.25) is 0 Å². The Kier molecular flexibility index (Phi) is 5.56. The van der Waals surface area contributed by atoms with Gasteiger partial charge in [0.2, 0.25) is 0 Å². The first-order valence-electron chi connectivity index (χ1n) is 5.20. The smallest absolute Gasteiger partial charge is 0.0661 e. The van der Waals surface area contributed by atoms with Gasteiger partial charge < -0.3 is 10.1 Å². The number of likely N-dealkylation sites (N-methyl/N-ethyl adjacent to an activating group) is 1. The summed E-state index contributed by atoms with van der Waals surface area (Å²) in [5.74, 6) is 0. The zero-order valence-electron chi connectivity index (χ0n) is 9.51. The van der Waals surface area contributed by atoms with Gasteiger partial charge in [-0.05, 0) is 54.6 Å². The molecule has 1 N–H and O–H groups in total. The lowest BCUT2D eigenvalue weighted by atomic mass is 10.1. The molecule has 0 spiro atoms. The molecule has 2 nitrogen and oxygen atoms in total. The van der Waals surface area contributed by atoms with Crippen LogP contribution >= 0.6 is 22.6 Å². The van der Waals surface area contributed by atoms with Gasteiger partial charge in [-0.25, -0.2) is 0 Å². The fourth-order valence-corrected chi connectivity index (χ4v) is 2.24. The molecule has 0 radical (unpaired) electrons. The van der Waals surface area contributed by atoms with Gasteiger partial charge in [0, 0.05) is 10.2 Å². The molecule has 0 aliphatic heterocycles. The van der Waals surface area contributed by atoms with Crippen molar-refractivity contribution >= 4 is 22.6 Å². The first-order valence-corrected chi connectivity index (χ1v) is 6.28. The molecular weight excluding hydrogens is 301 g/mol. The van der Waals surface area contributed by atoms with Crippen molar-refractivity contribution in [3.8, 4) is 0 Å². The average molecular weight is 319 g/mol. The highest BCUT2D eigenvalue weighted by atomic mass is 127. The molecule has 0 aliphatic rings. The van der Waals surface area contributed by atoms with Gasteiger partial charge in [0.15, 0.2) is 0 Å². The van der Waals surface area contributed by atoms with Crippen LogP contribution in [0.4, 0.5) is 0 Å². The molecule has 84 valence electrons. The summed E-state index contributed by atoms with van der Waals surface area (Å²) in [6.07, 6.45) is 0. The lowest BCUT2D eigenvalue weighted by molar-refractivity contribution is 0.125. The molecule has 0 bridgehead atoms. The van der Waals surface area contributed by atoms with Crippen LogP contribution in [0, 0.1) is 10.5 Å². The van der Waals surface area contributed by atoms with E-state index in [4.69, 9.17) is 4.74 Å². The van der Waals surface area contributed by atoms with E-state index in [1.54, 1.807) is 0 Å². The molecule has 15 heavy (non-hydrogen) atoms. The number of halogens is 1. The fraction of sp³-hybridized carbons (Fsp3) is 0.500. The molecule has 3 heteroatoms. The zero-order valence-corrected chi connectivity index (χ0v) is 11.7. The van der Waals surface area contributed by atoms with Crippen LogP contribution < -0.4 is 5.32 Å². The zero-order chi connectivity index (χ0) is 11.3. The molecule has 1 rings (SSSR count). The topological polar surface area (TPSA) is 21.3 Å². The highest BCUT2D eigenvalue weighted by Gasteiger charge is 2.13. The van der Waals surface area contributed by atoms with Crippen LogP contribution in [0.15, 0.2) is 18.2 Å². The van der Waals surface area contributed by atoms with E-state index in [2.05, 4.69) is 53.0 Å². The van der Waals surface area contributed by atoms with E-state index < -0.39 is 0 Å². The summed E-state index contributed by atoms with van der Waals surface area (Å²) in [7, 11) is 1.97. The standard InChI is InChI=1S/C12H18INO/c1-4-15-8-11(14-3)10-7-5-6-9(2)12(10)13/h5-7,11,14H,4,8H2,1-3H3. The fourth-order valence-electron chi connectivity index (χ4n) is 1.50. The molecule has 1 aromatic rings. The van der Waals surface area contributed by atoms with E-state index in [1.807, 2.05) is 14.0 Å². The Morgan fingerprint density at radius 3 is 2.80 bits per heavy atom. The van der Waals surface area contributed by atoms with E-state index in [9.17, 15) is 0 Å². The van der Waals surface area contributed by atoms with Crippen molar-refractivity contribution in [1.29, 1.82) is 0 Å². The lowest BCUT2D eigenvalue weighted by Gasteiger charge is -2.18. The Morgan fingerprint density at radius 1 is 1.47 bits per heavy atom. The molecule has 0 aromatic heterocycles. The van der Waals surface area contributed by atoms with Crippen LogP contribution in [-0.2, 0) is 4.74 Å². The third-order valence-electron chi connectivity index (χ3n) is 2.43. The minimum Gasteiger partial charge on any atom is -0.380 e. The third-order valence-corrected chi connectivity index (χ3v) is 3.91. The number of benzene rings is 1. The van der Waals surface area contributed by atoms with Crippen molar-refractivity contribution in [3.05, 3.63) is 32.9 Å². The Morgan fingerprint density at radius 2 is 2.20 bits per heavy atom. The van der Waals surface area contributed by atoms with Crippen molar-refractivity contribution < 1.29 is 4.74 Å². The van der Waals surface area contributed by atoms with Gasteiger partial charge in [-0.2, -0.15) is 0 Å². The van der Waals surface area contributed by atoms with Crippen LogP contribution in [0.2, 0.25) is 0 Å². The van der Waals surface area contributed by atoms with Gasteiger partial charge in [0.1, 0.15) is 0 Å². The Hall–Kier alpha value is -0.130. The van der Waals surface area contributed by atoms with Crippen molar-refractivity contribution in [2.75, 3.05) is 20.3 Å². The Labute approximate surface area is 106 Å². The maximum atomic E-state index is 5.47. The summed E-state index contributed by atoms with van der Waals surface area (Å²) in [6.45, 7) is 5.65. The average Bonchev–Trinajstić information content (AvgIpc) is 2.25. The molecule has 0 saturated carbocycles. The second kappa shape index (κ2) is 6.45. The summed E-state index contributed by atoms with van der Waals surface area (Å²) in [5.41, 5.74) is 2.65. The molecule has 0 saturated heterocycles.